The van der Waals surface area contributed by atoms with E-state index < -0.39 is 5.82 Å². The topological polar surface area (TPSA) is 37.8 Å². The minimum Gasteiger partial charge on any atom is -0.340 e. The fraction of sp³-hybridized carbons (Fsp3) is 0. The van der Waals surface area contributed by atoms with E-state index >= 15 is 0 Å². The number of aromatic nitrogens is 2. The van der Waals surface area contributed by atoms with Crippen LogP contribution in [0.3, 0.4) is 0 Å². The number of anilines is 2. The van der Waals surface area contributed by atoms with E-state index in [9.17, 15) is 4.39 Å². The first-order valence-electron chi connectivity index (χ1n) is 5.76. The van der Waals surface area contributed by atoms with E-state index in [1.54, 1.807) is 6.07 Å². The second-order valence-electron chi connectivity index (χ2n) is 4.14. The van der Waals surface area contributed by atoms with Gasteiger partial charge in [-0.1, -0.05) is 27.5 Å². The van der Waals surface area contributed by atoms with Crippen LogP contribution in [0.15, 0.2) is 47.2 Å². The predicted molar refractivity (Wildman–Crippen MR) is 81.9 cm³/mol. The molecule has 1 N–H and O–H groups in total. The molecule has 0 aliphatic rings. The van der Waals surface area contributed by atoms with E-state index in [4.69, 9.17) is 11.6 Å². The van der Waals surface area contributed by atoms with Crippen LogP contribution in [0.1, 0.15) is 0 Å². The van der Waals surface area contributed by atoms with Crippen molar-refractivity contribution in [3.8, 4) is 0 Å². The summed E-state index contributed by atoms with van der Waals surface area (Å²) in [5.74, 6) is 0.193. The van der Waals surface area contributed by atoms with Crippen LogP contribution < -0.4 is 5.32 Å². The highest BCUT2D eigenvalue weighted by Crippen LogP contribution is 2.27. The number of fused-ring (bicyclic) bond motifs is 1. The number of benzene rings is 2. The van der Waals surface area contributed by atoms with E-state index in [1.807, 2.05) is 18.2 Å². The normalized spacial score (nSPS) is 10.8. The van der Waals surface area contributed by atoms with Crippen LogP contribution in [-0.4, -0.2) is 9.97 Å². The van der Waals surface area contributed by atoms with Crippen LogP contribution in [0.2, 0.25) is 5.02 Å². The fourth-order valence-electron chi connectivity index (χ4n) is 1.84. The zero-order valence-corrected chi connectivity index (χ0v) is 12.4. The molecule has 0 fully saturated rings. The number of hydrogen-bond acceptors (Lipinski definition) is 3. The molecule has 0 saturated heterocycles. The van der Waals surface area contributed by atoms with Crippen LogP contribution in [0.5, 0.6) is 0 Å². The Morgan fingerprint density at radius 2 is 1.95 bits per heavy atom. The maximum absolute atomic E-state index is 13.1. The Kier molecular flexibility index (Phi) is 3.54. The highest BCUT2D eigenvalue weighted by molar-refractivity contribution is 9.10. The van der Waals surface area contributed by atoms with Gasteiger partial charge in [0, 0.05) is 15.5 Å². The van der Waals surface area contributed by atoms with Gasteiger partial charge in [-0.15, -0.1) is 0 Å². The summed E-state index contributed by atoms with van der Waals surface area (Å²) in [6.07, 6.45) is 1.47. The zero-order valence-electron chi connectivity index (χ0n) is 10.1. The van der Waals surface area contributed by atoms with Crippen molar-refractivity contribution >= 4 is 49.9 Å². The van der Waals surface area contributed by atoms with Crippen molar-refractivity contribution in [2.75, 3.05) is 5.32 Å². The Bertz CT molecular complexity index is 794. The molecule has 0 radical (unpaired) electrons. The molecule has 2 aromatic carbocycles. The first-order valence-corrected chi connectivity index (χ1v) is 6.93. The number of halogens is 3. The lowest BCUT2D eigenvalue weighted by molar-refractivity contribution is 0.628. The van der Waals surface area contributed by atoms with Crippen molar-refractivity contribution in [3.05, 3.63) is 58.0 Å². The molecule has 0 bridgehead atoms. The molecule has 3 rings (SSSR count). The average Bonchev–Trinajstić information content (AvgIpc) is 2.43. The lowest BCUT2D eigenvalue weighted by Crippen LogP contribution is -1.96. The minimum absolute atomic E-state index is 0.0658. The lowest BCUT2D eigenvalue weighted by Gasteiger charge is -2.09. The Hall–Kier alpha value is -1.72. The van der Waals surface area contributed by atoms with Gasteiger partial charge in [0.05, 0.1) is 10.5 Å². The predicted octanol–water partition coefficient (Wildman–Crippen LogP) is 4.93. The summed E-state index contributed by atoms with van der Waals surface area (Å²) in [5.41, 5.74) is 1.48. The summed E-state index contributed by atoms with van der Waals surface area (Å²) < 4.78 is 14.1. The highest BCUT2D eigenvalue weighted by atomic mass is 79.9. The summed E-state index contributed by atoms with van der Waals surface area (Å²) >= 11 is 9.17. The molecule has 0 amide bonds. The SMILES string of the molecule is Fc1ccc(Nc2ncnc3cc(Br)ccc23)cc1Cl. The van der Waals surface area contributed by atoms with Crippen molar-refractivity contribution in [1.82, 2.24) is 9.97 Å². The second-order valence-corrected chi connectivity index (χ2v) is 5.46. The van der Waals surface area contributed by atoms with Gasteiger partial charge in [0.2, 0.25) is 0 Å². The van der Waals surface area contributed by atoms with E-state index in [2.05, 4.69) is 31.2 Å². The van der Waals surface area contributed by atoms with Crippen molar-refractivity contribution < 1.29 is 4.39 Å². The Labute approximate surface area is 127 Å². The molecular formula is C14H8BrClFN3. The maximum atomic E-state index is 13.1. The molecule has 6 heteroatoms. The molecule has 3 aromatic rings. The third kappa shape index (κ3) is 2.59. The molecule has 0 saturated carbocycles. The van der Waals surface area contributed by atoms with Gasteiger partial charge >= 0.3 is 0 Å². The van der Waals surface area contributed by atoms with Gasteiger partial charge in [-0.05, 0) is 36.4 Å². The van der Waals surface area contributed by atoms with Crippen LogP contribution >= 0.6 is 27.5 Å². The van der Waals surface area contributed by atoms with Gasteiger partial charge in [-0.25, -0.2) is 14.4 Å². The van der Waals surface area contributed by atoms with Crippen LogP contribution in [0.4, 0.5) is 15.9 Å². The molecule has 0 spiro atoms. The standard InChI is InChI=1S/C14H8BrClFN3/c15-8-1-3-10-13(5-8)18-7-19-14(10)20-9-2-4-12(17)11(16)6-9/h1-7H,(H,18,19,20). The first kappa shape index (κ1) is 13.3. The highest BCUT2D eigenvalue weighted by Gasteiger charge is 2.06. The van der Waals surface area contributed by atoms with E-state index in [1.165, 1.54) is 18.5 Å². The molecule has 0 atom stereocenters. The van der Waals surface area contributed by atoms with E-state index in [-0.39, 0.29) is 5.02 Å². The van der Waals surface area contributed by atoms with Gasteiger partial charge in [0.1, 0.15) is 18.0 Å². The average molecular weight is 353 g/mol. The molecule has 1 aromatic heterocycles. The molecule has 100 valence electrons. The van der Waals surface area contributed by atoms with Crippen LogP contribution in [0, 0.1) is 5.82 Å². The number of nitrogens with zero attached hydrogens (tertiary/aromatic N) is 2. The smallest absolute Gasteiger partial charge is 0.141 e. The summed E-state index contributed by atoms with van der Waals surface area (Å²) in [5, 5.41) is 4.05. The zero-order chi connectivity index (χ0) is 14.1. The third-order valence-corrected chi connectivity index (χ3v) is 3.56. The summed E-state index contributed by atoms with van der Waals surface area (Å²) in [4.78, 5) is 8.42. The van der Waals surface area contributed by atoms with Crippen molar-refractivity contribution in [1.29, 1.82) is 0 Å². The molecule has 1 heterocycles. The van der Waals surface area contributed by atoms with Crippen molar-refractivity contribution in [2.45, 2.75) is 0 Å². The second kappa shape index (κ2) is 5.34. The quantitative estimate of drug-likeness (QED) is 0.711. The van der Waals surface area contributed by atoms with Crippen molar-refractivity contribution in [2.24, 2.45) is 0 Å². The molecule has 20 heavy (non-hydrogen) atoms. The molecule has 0 aliphatic heterocycles. The van der Waals surface area contributed by atoms with E-state index in [0.29, 0.717) is 11.5 Å². The summed E-state index contributed by atoms with van der Waals surface area (Å²) in [6, 6.07) is 10.2. The monoisotopic (exact) mass is 351 g/mol. The number of hydrogen-bond donors (Lipinski definition) is 1. The van der Waals surface area contributed by atoms with Crippen LogP contribution in [-0.2, 0) is 0 Å². The molecule has 3 nitrogen and oxygen atoms in total. The van der Waals surface area contributed by atoms with Gasteiger partial charge < -0.3 is 5.32 Å². The maximum Gasteiger partial charge on any atom is 0.141 e. The van der Waals surface area contributed by atoms with Gasteiger partial charge in [-0.3, -0.25) is 0 Å². The minimum atomic E-state index is -0.450. The number of nitrogens with one attached hydrogen (secondary N) is 1. The Morgan fingerprint density at radius 3 is 2.75 bits per heavy atom. The third-order valence-electron chi connectivity index (χ3n) is 2.78. The molecular weight excluding hydrogens is 345 g/mol. The Morgan fingerprint density at radius 1 is 1.10 bits per heavy atom. The van der Waals surface area contributed by atoms with Crippen molar-refractivity contribution in [3.63, 3.8) is 0 Å². The van der Waals surface area contributed by atoms with E-state index in [0.717, 1.165) is 15.4 Å². The summed E-state index contributed by atoms with van der Waals surface area (Å²) in [7, 11) is 0. The Balaban J connectivity index is 2.04. The molecule has 0 unspecified atom stereocenters. The summed E-state index contributed by atoms with van der Waals surface area (Å²) in [6.45, 7) is 0. The first-order chi connectivity index (χ1) is 9.63. The fourth-order valence-corrected chi connectivity index (χ4v) is 2.37. The number of rotatable bonds is 2. The van der Waals surface area contributed by atoms with Gasteiger partial charge in [0.15, 0.2) is 0 Å². The van der Waals surface area contributed by atoms with Gasteiger partial charge in [0.25, 0.3) is 0 Å². The van der Waals surface area contributed by atoms with Gasteiger partial charge in [-0.2, -0.15) is 0 Å². The van der Waals surface area contributed by atoms with Crippen LogP contribution in [0.25, 0.3) is 10.9 Å². The largest absolute Gasteiger partial charge is 0.340 e. The molecule has 0 aliphatic carbocycles. The lowest BCUT2D eigenvalue weighted by atomic mass is 10.2.